The number of hydrogen-bond acceptors (Lipinski definition) is 6. The molecule has 0 saturated heterocycles. The number of hydrogen-bond donors (Lipinski definition) is 0. The van der Waals surface area contributed by atoms with Gasteiger partial charge in [0.15, 0.2) is 0 Å². The maximum atomic E-state index is 13.8. The predicted molar refractivity (Wildman–Crippen MR) is 212 cm³/mol. The normalized spacial score (nSPS) is 17.9. The lowest BCUT2D eigenvalue weighted by Crippen LogP contribution is -2.40. The van der Waals surface area contributed by atoms with Gasteiger partial charge in [-0.25, -0.2) is 19.9 Å². The molecule has 2 aromatic heterocycles. The molecular formula is C48H36N4O2. The summed E-state index contributed by atoms with van der Waals surface area (Å²) >= 11 is 0. The molecule has 2 unspecified atom stereocenters. The minimum Gasteiger partial charge on any atom is -0.427 e. The minimum absolute atomic E-state index is 0.184. The van der Waals surface area contributed by atoms with Gasteiger partial charge in [-0.2, -0.15) is 0 Å². The van der Waals surface area contributed by atoms with Gasteiger partial charge in [0.1, 0.15) is 5.75 Å². The highest BCUT2D eigenvalue weighted by Gasteiger charge is 2.55. The fourth-order valence-corrected chi connectivity index (χ4v) is 9.06. The van der Waals surface area contributed by atoms with Crippen LogP contribution in [-0.2, 0) is 22.0 Å². The third-order valence-corrected chi connectivity index (χ3v) is 11.5. The standard InChI is InChI=1S/C48H36N4O2/c53-42(54-33-17-5-2-6-18-33)28-30-48(37-22-10-8-20-35(37)44-46(48)52-41-26-14-12-24-39(41)50-44)31-47(29-27-32-15-3-1-4-16-32)36-21-9-7-19-34(36)43-45(47)51-40-25-13-11-23-38(40)49-43/h1-26H,27-31H2. The molecule has 2 aliphatic carbocycles. The summed E-state index contributed by atoms with van der Waals surface area (Å²) in [6.45, 7) is 0. The first-order chi connectivity index (χ1) is 26.6. The van der Waals surface area contributed by atoms with Crippen molar-refractivity contribution in [2.75, 3.05) is 0 Å². The van der Waals surface area contributed by atoms with E-state index in [1.54, 1.807) is 0 Å². The lowest BCUT2D eigenvalue weighted by atomic mass is 9.61. The first-order valence-electron chi connectivity index (χ1n) is 18.7. The third-order valence-electron chi connectivity index (χ3n) is 11.5. The highest BCUT2D eigenvalue weighted by Crippen LogP contribution is 2.61. The van der Waals surface area contributed by atoms with Crippen LogP contribution in [0.3, 0.4) is 0 Å². The van der Waals surface area contributed by atoms with E-state index < -0.39 is 10.8 Å². The van der Waals surface area contributed by atoms with Gasteiger partial charge in [0.2, 0.25) is 0 Å². The van der Waals surface area contributed by atoms with Crippen molar-refractivity contribution in [3.8, 4) is 28.3 Å². The molecule has 0 N–H and O–H groups in total. The molecule has 54 heavy (non-hydrogen) atoms. The van der Waals surface area contributed by atoms with Crippen LogP contribution in [0, 0.1) is 0 Å². The lowest BCUT2D eigenvalue weighted by molar-refractivity contribution is -0.134. The zero-order chi connectivity index (χ0) is 36.1. The number of rotatable bonds is 9. The summed E-state index contributed by atoms with van der Waals surface area (Å²) < 4.78 is 5.93. The number of esters is 1. The van der Waals surface area contributed by atoms with E-state index in [1.165, 1.54) is 11.1 Å². The van der Waals surface area contributed by atoms with Gasteiger partial charge in [-0.15, -0.1) is 0 Å². The lowest BCUT2D eigenvalue weighted by Gasteiger charge is -2.41. The van der Waals surface area contributed by atoms with Crippen LogP contribution in [0.25, 0.3) is 44.6 Å². The van der Waals surface area contributed by atoms with E-state index in [4.69, 9.17) is 24.7 Å². The Labute approximate surface area is 313 Å². The Balaban J connectivity index is 1.22. The molecule has 260 valence electrons. The molecule has 0 fully saturated rings. The van der Waals surface area contributed by atoms with E-state index in [1.807, 2.05) is 72.8 Å². The molecule has 6 aromatic carbocycles. The van der Waals surface area contributed by atoms with Gasteiger partial charge in [0.25, 0.3) is 0 Å². The first kappa shape index (κ1) is 32.1. The van der Waals surface area contributed by atoms with E-state index in [9.17, 15) is 4.79 Å². The van der Waals surface area contributed by atoms with Gasteiger partial charge in [-0.1, -0.05) is 121 Å². The van der Waals surface area contributed by atoms with E-state index in [0.29, 0.717) is 18.6 Å². The van der Waals surface area contributed by atoms with Crippen molar-refractivity contribution < 1.29 is 9.53 Å². The van der Waals surface area contributed by atoms with E-state index >= 15 is 0 Å². The largest absolute Gasteiger partial charge is 0.427 e. The Morgan fingerprint density at radius 1 is 0.481 bits per heavy atom. The van der Waals surface area contributed by atoms with Crippen molar-refractivity contribution in [2.45, 2.75) is 42.9 Å². The number of carbonyl (C=O) groups is 1. The molecule has 2 atom stereocenters. The summed E-state index contributed by atoms with van der Waals surface area (Å²) in [7, 11) is 0. The van der Waals surface area contributed by atoms with Crippen LogP contribution in [0.1, 0.15) is 53.8 Å². The molecule has 6 heteroatoms. The number of carbonyl (C=O) groups excluding carboxylic acids is 1. The first-order valence-corrected chi connectivity index (χ1v) is 18.7. The second-order valence-corrected chi connectivity index (χ2v) is 14.5. The smallest absolute Gasteiger partial charge is 0.311 e. The fourth-order valence-electron chi connectivity index (χ4n) is 9.06. The predicted octanol–water partition coefficient (Wildman–Crippen LogP) is 10.2. The summed E-state index contributed by atoms with van der Waals surface area (Å²) in [6, 6.07) is 53.4. The van der Waals surface area contributed by atoms with E-state index in [2.05, 4.69) is 84.9 Å². The number of para-hydroxylation sites is 5. The van der Waals surface area contributed by atoms with Crippen molar-refractivity contribution in [3.05, 3.63) is 186 Å². The maximum Gasteiger partial charge on any atom is 0.311 e. The summed E-state index contributed by atoms with van der Waals surface area (Å²) in [5, 5.41) is 0. The Kier molecular flexibility index (Phi) is 7.65. The van der Waals surface area contributed by atoms with Gasteiger partial charge < -0.3 is 4.74 Å². The number of nitrogens with zero attached hydrogens (tertiary/aromatic N) is 4. The van der Waals surface area contributed by atoms with Crippen LogP contribution >= 0.6 is 0 Å². The molecule has 0 spiro atoms. The molecule has 0 aliphatic heterocycles. The highest BCUT2D eigenvalue weighted by molar-refractivity contribution is 5.87. The van der Waals surface area contributed by atoms with Crippen LogP contribution in [-0.4, -0.2) is 25.9 Å². The summed E-state index contributed by atoms with van der Waals surface area (Å²) in [6.07, 6.45) is 2.88. The Bertz CT molecular complexity index is 2720. The molecule has 6 nitrogen and oxygen atoms in total. The zero-order valence-electron chi connectivity index (χ0n) is 29.7. The molecule has 0 amide bonds. The Morgan fingerprint density at radius 3 is 1.48 bits per heavy atom. The number of aryl methyl sites for hydroxylation is 1. The Hall–Kier alpha value is -6.53. The van der Waals surface area contributed by atoms with Crippen molar-refractivity contribution in [3.63, 3.8) is 0 Å². The average molecular weight is 701 g/mol. The van der Waals surface area contributed by atoms with Gasteiger partial charge in [-0.05, 0) is 78.8 Å². The van der Waals surface area contributed by atoms with Crippen molar-refractivity contribution in [1.82, 2.24) is 19.9 Å². The molecule has 2 heterocycles. The molecule has 0 bridgehead atoms. The molecule has 10 rings (SSSR count). The minimum atomic E-state index is -0.725. The monoisotopic (exact) mass is 700 g/mol. The van der Waals surface area contributed by atoms with Gasteiger partial charge in [-0.3, -0.25) is 4.79 Å². The molecule has 2 aliphatic rings. The van der Waals surface area contributed by atoms with E-state index in [-0.39, 0.29) is 12.4 Å². The SMILES string of the molecule is O=C(CCC1(CC2(CCc3ccccc3)c3ccccc3-c3nc4ccccc4nc32)c2ccccc2-c2nc3ccccc3nc21)Oc1ccccc1. The van der Waals surface area contributed by atoms with Crippen LogP contribution < -0.4 is 4.74 Å². The summed E-state index contributed by atoms with van der Waals surface area (Å²) in [5.41, 5.74) is 11.5. The number of ether oxygens (including phenoxy) is 1. The van der Waals surface area contributed by atoms with Gasteiger partial charge in [0.05, 0.1) is 44.8 Å². The zero-order valence-corrected chi connectivity index (χ0v) is 29.7. The molecule has 0 radical (unpaired) electrons. The van der Waals surface area contributed by atoms with Crippen LogP contribution in [0.15, 0.2) is 158 Å². The van der Waals surface area contributed by atoms with Crippen LogP contribution in [0.2, 0.25) is 0 Å². The van der Waals surface area contributed by atoms with Crippen molar-refractivity contribution >= 4 is 28.0 Å². The van der Waals surface area contributed by atoms with Crippen molar-refractivity contribution in [2.24, 2.45) is 0 Å². The summed E-state index contributed by atoms with van der Waals surface area (Å²) in [4.78, 5) is 35.5. The van der Waals surface area contributed by atoms with Crippen LogP contribution in [0.4, 0.5) is 0 Å². The second kappa shape index (κ2) is 12.8. The fraction of sp³-hybridized carbons (Fsp3) is 0.146. The highest BCUT2D eigenvalue weighted by atomic mass is 16.5. The quantitative estimate of drug-likeness (QED) is 0.110. The number of fused-ring (bicyclic) bond motifs is 8. The molecule has 8 aromatic rings. The third kappa shape index (κ3) is 5.20. The van der Waals surface area contributed by atoms with Crippen LogP contribution in [0.5, 0.6) is 5.75 Å². The molecule has 0 saturated carbocycles. The number of benzene rings is 6. The maximum absolute atomic E-state index is 13.8. The average Bonchev–Trinajstić information content (AvgIpc) is 3.64. The second-order valence-electron chi connectivity index (χ2n) is 14.5. The topological polar surface area (TPSA) is 77.9 Å². The summed E-state index contributed by atoms with van der Waals surface area (Å²) in [5.74, 6) is 0.256. The number of aromatic nitrogens is 4. The van der Waals surface area contributed by atoms with Gasteiger partial charge in [0, 0.05) is 28.4 Å². The van der Waals surface area contributed by atoms with E-state index in [0.717, 1.165) is 74.4 Å². The van der Waals surface area contributed by atoms with Crippen molar-refractivity contribution in [1.29, 1.82) is 0 Å². The van der Waals surface area contributed by atoms with Gasteiger partial charge >= 0.3 is 5.97 Å². The molecular weight excluding hydrogens is 665 g/mol. The Morgan fingerprint density at radius 2 is 0.926 bits per heavy atom.